The Hall–Kier alpha value is -2.67. The van der Waals surface area contributed by atoms with E-state index in [4.69, 9.17) is 0 Å². The number of hydrogen-bond acceptors (Lipinski definition) is 4. The fraction of sp³-hybridized carbons (Fsp3) is 0.278. The smallest absolute Gasteiger partial charge is 0.317 e. The molecule has 4 amide bonds. The van der Waals surface area contributed by atoms with Crippen molar-refractivity contribution in [2.24, 2.45) is 0 Å². The highest BCUT2D eigenvalue weighted by Crippen LogP contribution is 2.33. The molecule has 0 saturated carbocycles. The van der Waals surface area contributed by atoms with Crippen LogP contribution in [0.4, 0.5) is 10.5 Å². The van der Waals surface area contributed by atoms with Crippen molar-refractivity contribution in [1.29, 1.82) is 0 Å². The average Bonchev–Trinajstić information content (AvgIpc) is 3.16. The summed E-state index contributed by atoms with van der Waals surface area (Å²) in [6.45, 7) is 2.68. The molecule has 0 fully saturated rings. The molecule has 0 saturated heterocycles. The Balaban J connectivity index is 1.55. The third-order valence-corrected chi connectivity index (χ3v) is 5.88. The highest BCUT2D eigenvalue weighted by Gasteiger charge is 2.33. The number of imide groups is 1. The predicted octanol–water partition coefficient (Wildman–Crippen LogP) is 3.13. The van der Waals surface area contributed by atoms with E-state index in [-0.39, 0.29) is 23.9 Å². The number of thiophene rings is 1. The number of hydrogen-bond donors (Lipinski definition) is 1. The van der Waals surface area contributed by atoms with E-state index < -0.39 is 0 Å². The van der Waals surface area contributed by atoms with Crippen LogP contribution in [0.2, 0.25) is 0 Å². The molecule has 0 radical (unpaired) electrons. The fourth-order valence-corrected chi connectivity index (χ4v) is 4.38. The quantitative estimate of drug-likeness (QED) is 0.799. The number of amides is 4. The van der Waals surface area contributed by atoms with Crippen molar-refractivity contribution < 1.29 is 14.4 Å². The number of nitrogens with one attached hydrogen (secondary N) is 1. The zero-order valence-electron chi connectivity index (χ0n) is 13.9. The van der Waals surface area contributed by atoms with Gasteiger partial charge in [0.05, 0.1) is 17.2 Å². The molecule has 1 aromatic heterocycles. The summed E-state index contributed by atoms with van der Waals surface area (Å²) in [6, 6.07) is 6.70. The molecule has 25 heavy (non-hydrogen) atoms. The maximum absolute atomic E-state index is 12.7. The first kappa shape index (κ1) is 15.8. The molecular formula is C18H17N3O3S. The predicted molar refractivity (Wildman–Crippen MR) is 95.0 cm³/mol. The molecule has 1 atom stereocenters. The lowest BCUT2D eigenvalue weighted by Crippen LogP contribution is -2.40. The lowest BCUT2D eigenvalue weighted by atomic mass is 10.0. The largest absolute Gasteiger partial charge is 0.322 e. The molecule has 128 valence electrons. The van der Waals surface area contributed by atoms with Gasteiger partial charge in [0.25, 0.3) is 11.8 Å². The van der Waals surface area contributed by atoms with Crippen LogP contribution in [0.1, 0.15) is 44.1 Å². The summed E-state index contributed by atoms with van der Waals surface area (Å²) >= 11 is 1.73. The van der Waals surface area contributed by atoms with Gasteiger partial charge in [-0.1, -0.05) is 0 Å². The van der Waals surface area contributed by atoms with Crippen molar-refractivity contribution in [1.82, 2.24) is 9.80 Å². The van der Waals surface area contributed by atoms with Crippen molar-refractivity contribution in [2.75, 3.05) is 18.9 Å². The molecule has 6 nitrogen and oxygen atoms in total. The Kier molecular flexibility index (Phi) is 3.61. The SMILES string of the molecule is CC1c2ccsc2CCN1C(=O)Nc1ccc2c(c1)C(=O)N(C)C2=O. The number of anilines is 1. The summed E-state index contributed by atoms with van der Waals surface area (Å²) in [7, 11) is 1.46. The summed E-state index contributed by atoms with van der Waals surface area (Å²) in [5, 5.41) is 4.91. The second-order valence-electron chi connectivity index (χ2n) is 6.28. The van der Waals surface area contributed by atoms with Gasteiger partial charge in [0, 0.05) is 24.2 Å². The van der Waals surface area contributed by atoms with Gasteiger partial charge in [-0.2, -0.15) is 0 Å². The van der Waals surface area contributed by atoms with Crippen LogP contribution < -0.4 is 5.32 Å². The minimum Gasteiger partial charge on any atom is -0.317 e. The number of carbonyl (C=O) groups is 3. The van der Waals surface area contributed by atoms with E-state index in [1.165, 1.54) is 17.5 Å². The lowest BCUT2D eigenvalue weighted by molar-refractivity contribution is 0.0693. The Morgan fingerprint density at radius 2 is 1.96 bits per heavy atom. The van der Waals surface area contributed by atoms with Gasteiger partial charge in [0.1, 0.15) is 0 Å². The number of nitrogens with zero attached hydrogens (tertiary/aromatic N) is 2. The van der Waals surface area contributed by atoms with Gasteiger partial charge < -0.3 is 10.2 Å². The topological polar surface area (TPSA) is 69.7 Å². The lowest BCUT2D eigenvalue weighted by Gasteiger charge is -2.33. The molecule has 3 heterocycles. The Labute approximate surface area is 149 Å². The first-order chi connectivity index (χ1) is 12.0. The van der Waals surface area contributed by atoms with E-state index in [2.05, 4.69) is 16.8 Å². The molecule has 0 aliphatic carbocycles. The van der Waals surface area contributed by atoms with Crippen molar-refractivity contribution in [2.45, 2.75) is 19.4 Å². The zero-order valence-corrected chi connectivity index (χ0v) is 14.7. The van der Waals surface area contributed by atoms with Gasteiger partial charge in [-0.25, -0.2) is 4.79 Å². The van der Waals surface area contributed by atoms with E-state index in [1.807, 2.05) is 6.92 Å². The molecule has 7 heteroatoms. The van der Waals surface area contributed by atoms with Crippen molar-refractivity contribution >= 4 is 34.9 Å². The van der Waals surface area contributed by atoms with Crippen LogP contribution >= 0.6 is 11.3 Å². The number of benzene rings is 1. The zero-order chi connectivity index (χ0) is 17.7. The standard InChI is InChI=1S/C18H17N3O3S/c1-10-12-6-8-25-15(12)5-7-21(10)18(24)19-11-3-4-13-14(9-11)17(23)20(2)16(13)22/h3-4,6,8-10H,5,7H2,1-2H3,(H,19,24). The number of carbonyl (C=O) groups excluding carboxylic acids is 3. The summed E-state index contributed by atoms with van der Waals surface area (Å²) in [4.78, 5) is 40.9. The van der Waals surface area contributed by atoms with Gasteiger partial charge in [-0.15, -0.1) is 11.3 Å². The summed E-state index contributed by atoms with van der Waals surface area (Å²) in [6.07, 6.45) is 0.854. The second-order valence-corrected chi connectivity index (χ2v) is 7.28. The first-order valence-corrected chi connectivity index (χ1v) is 8.95. The van der Waals surface area contributed by atoms with E-state index in [0.29, 0.717) is 23.4 Å². The van der Waals surface area contributed by atoms with E-state index in [1.54, 1.807) is 34.4 Å². The molecule has 1 unspecified atom stereocenters. The maximum Gasteiger partial charge on any atom is 0.322 e. The van der Waals surface area contributed by atoms with Crippen LogP contribution in [-0.2, 0) is 6.42 Å². The fourth-order valence-electron chi connectivity index (χ4n) is 3.42. The van der Waals surface area contributed by atoms with Crippen molar-refractivity contribution in [3.05, 3.63) is 51.2 Å². The van der Waals surface area contributed by atoms with Gasteiger partial charge >= 0.3 is 6.03 Å². The summed E-state index contributed by atoms with van der Waals surface area (Å²) in [5.41, 5.74) is 2.42. The molecule has 4 rings (SSSR count). The molecule has 0 spiro atoms. The van der Waals surface area contributed by atoms with Crippen LogP contribution in [0.15, 0.2) is 29.6 Å². The van der Waals surface area contributed by atoms with Gasteiger partial charge in [-0.05, 0) is 48.6 Å². The molecule has 2 aliphatic heterocycles. The number of fused-ring (bicyclic) bond motifs is 2. The molecule has 2 aliphatic rings. The Morgan fingerprint density at radius 3 is 2.76 bits per heavy atom. The second kappa shape index (κ2) is 5.70. The maximum atomic E-state index is 12.7. The Morgan fingerprint density at radius 1 is 1.20 bits per heavy atom. The highest BCUT2D eigenvalue weighted by molar-refractivity contribution is 7.10. The minimum absolute atomic E-state index is 0.0128. The summed E-state index contributed by atoms with van der Waals surface area (Å²) in [5.74, 6) is -0.655. The first-order valence-electron chi connectivity index (χ1n) is 8.07. The third kappa shape index (κ3) is 2.42. The van der Waals surface area contributed by atoms with Crippen LogP contribution in [-0.4, -0.2) is 41.2 Å². The third-order valence-electron chi connectivity index (χ3n) is 4.88. The van der Waals surface area contributed by atoms with Crippen LogP contribution in [0.5, 0.6) is 0 Å². The average molecular weight is 355 g/mol. The van der Waals surface area contributed by atoms with Crippen molar-refractivity contribution in [3.8, 4) is 0 Å². The van der Waals surface area contributed by atoms with Gasteiger partial charge in [0.2, 0.25) is 0 Å². The highest BCUT2D eigenvalue weighted by atomic mass is 32.1. The number of urea groups is 1. The minimum atomic E-state index is -0.342. The molecular weight excluding hydrogens is 338 g/mol. The normalized spacial score (nSPS) is 19.0. The molecule has 1 N–H and O–H groups in total. The van der Waals surface area contributed by atoms with E-state index in [9.17, 15) is 14.4 Å². The van der Waals surface area contributed by atoms with E-state index in [0.717, 1.165) is 11.3 Å². The van der Waals surface area contributed by atoms with Crippen molar-refractivity contribution in [3.63, 3.8) is 0 Å². The van der Waals surface area contributed by atoms with Gasteiger partial charge in [0.15, 0.2) is 0 Å². The molecule has 2 aromatic rings. The van der Waals surface area contributed by atoms with E-state index >= 15 is 0 Å². The Bertz CT molecular complexity index is 905. The van der Waals surface area contributed by atoms with Gasteiger partial charge in [-0.3, -0.25) is 14.5 Å². The van der Waals surface area contributed by atoms with Crippen LogP contribution in [0.25, 0.3) is 0 Å². The van der Waals surface area contributed by atoms with Crippen LogP contribution in [0, 0.1) is 0 Å². The molecule has 0 bridgehead atoms. The molecule has 1 aromatic carbocycles. The summed E-state index contributed by atoms with van der Waals surface area (Å²) < 4.78 is 0. The monoisotopic (exact) mass is 355 g/mol. The number of rotatable bonds is 1. The van der Waals surface area contributed by atoms with Crippen LogP contribution in [0.3, 0.4) is 0 Å².